The molecule has 1 saturated heterocycles. The Bertz CT molecular complexity index is 776. The Kier molecular flexibility index (Phi) is 3.06. The van der Waals surface area contributed by atoms with Gasteiger partial charge in [-0.1, -0.05) is 0 Å². The average Bonchev–Trinajstić information content (AvgIpc) is 2.96. The van der Waals surface area contributed by atoms with Gasteiger partial charge in [-0.25, -0.2) is 19.9 Å². The Labute approximate surface area is 127 Å². The molecule has 0 amide bonds. The lowest BCUT2D eigenvalue weighted by Gasteiger charge is -2.34. The highest BCUT2D eigenvalue weighted by atomic mass is 15.4. The number of hydrogen-bond donors (Lipinski definition) is 0. The van der Waals surface area contributed by atoms with Crippen LogP contribution >= 0.6 is 0 Å². The van der Waals surface area contributed by atoms with E-state index in [4.69, 9.17) is 0 Å². The minimum Gasteiger partial charge on any atom is -0.337 e. The first kappa shape index (κ1) is 12.9. The van der Waals surface area contributed by atoms with E-state index in [9.17, 15) is 0 Å². The summed E-state index contributed by atoms with van der Waals surface area (Å²) in [5, 5.41) is 0. The SMILES string of the molecule is Cn1cnc2cnc(N3CCN(c4ncccn4)CC3)nc21. The third-order valence-electron chi connectivity index (χ3n) is 3.84. The first-order chi connectivity index (χ1) is 10.8. The maximum atomic E-state index is 4.62. The van der Waals surface area contributed by atoms with Crippen LogP contribution in [0.25, 0.3) is 11.2 Å². The number of aryl methyl sites for hydroxylation is 1. The van der Waals surface area contributed by atoms with Crippen LogP contribution in [0.3, 0.4) is 0 Å². The Hall–Kier alpha value is -2.77. The summed E-state index contributed by atoms with van der Waals surface area (Å²) in [5.41, 5.74) is 1.68. The van der Waals surface area contributed by atoms with Crippen LogP contribution in [-0.2, 0) is 7.05 Å². The summed E-state index contributed by atoms with van der Waals surface area (Å²) in [5.74, 6) is 1.54. The normalized spacial score (nSPS) is 15.5. The van der Waals surface area contributed by atoms with Gasteiger partial charge in [0.25, 0.3) is 0 Å². The van der Waals surface area contributed by atoms with Gasteiger partial charge < -0.3 is 14.4 Å². The molecule has 1 aliphatic heterocycles. The quantitative estimate of drug-likeness (QED) is 0.680. The fourth-order valence-electron chi connectivity index (χ4n) is 2.62. The first-order valence-electron chi connectivity index (χ1n) is 7.22. The van der Waals surface area contributed by atoms with Crippen molar-refractivity contribution in [3.05, 3.63) is 31.0 Å². The number of rotatable bonds is 2. The Balaban J connectivity index is 1.51. The summed E-state index contributed by atoms with van der Waals surface area (Å²) < 4.78 is 1.91. The lowest BCUT2D eigenvalue weighted by molar-refractivity contribution is 0.628. The summed E-state index contributed by atoms with van der Waals surface area (Å²) in [6.45, 7) is 3.41. The van der Waals surface area contributed by atoms with Crippen molar-refractivity contribution >= 4 is 23.1 Å². The molecule has 0 aliphatic carbocycles. The fourth-order valence-corrected chi connectivity index (χ4v) is 2.62. The third kappa shape index (κ3) is 2.22. The van der Waals surface area contributed by atoms with Gasteiger partial charge in [0, 0.05) is 45.6 Å². The van der Waals surface area contributed by atoms with Crippen molar-refractivity contribution < 1.29 is 0 Å². The zero-order valence-electron chi connectivity index (χ0n) is 12.3. The average molecular weight is 296 g/mol. The number of anilines is 2. The van der Waals surface area contributed by atoms with E-state index in [2.05, 4.69) is 34.7 Å². The Morgan fingerprint density at radius 1 is 0.864 bits per heavy atom. The van der Waals surface area contributed by atoms with Gasteiger partial charge in [-0.15, -0.1) is 0 Å². The van der Waals surface area contributed by atoms with E-state index < -0.39 is 0 Å². The third-order valence-corrected chi connectivity index (χ3v) is 3.84. The minimum absolute atomic E-state index is 0.754. The molecule has 0 atom stereocenters. The molecular formula is C14H16N8. The first-order valence-corrected chi connectivity index (χ1v) is 7.22. The number of aromatic nitrogens is 6. The maximum Gasteiger partial charge on any atom is 0.227 e. The van der Waals surface area contributed by atoms with Crippen LogP contribution in [0, 0.1) is 0 Å². The molecule has 112 valence electrons. The molecule has 1 fully saturated rings. The van der Waals surface area contributed by atoms with E-state index in [0.29, 0.717) is 0 Å². The van der Waals surface area contributed by atoms with E-state index >= 15 is 0 Å². The molecule has 0 N–H and O–H groups in total. The topological polar surface area (TPSA) is 75.9 Å². The van der Waals surface area contributed by atoms with Gasteiger partial charge in [-0.05, 0) is 6.07 Å². The van der Waals surface area contributed by atoms with E-state index in [-0.39, 0.29) is 0 Å². The van der Waals surface area contributed by atoms with Gasteiger partial charge >= 0.3 is 0 Å². The van der Waals surface area contributed by atoms with Crippen molar-refractivity contribution in [2.45, 2.75) is 0 Å². The number of piperazine rings is 1. The Morgan fingerprint density at radius 2 is 1.55 bits per heavy atom. The summed E-state index contributed by atoms with van der Waals surface area (Å²) in [6.07, 6.45) is 7.08. The van der Waals surface area contributed by atoms with Gasteiger partial charge in [0.15, 0.2) is 5.65 Å². The molecule has 3 aromatic rings. The number of fused-ring (bicyclic) bond motifs is 1. The van der Waals surface area contributed by atoms with E-state index in [0.717, 1.165) is 49.2 Å². The van der Waals surface area contributed by atoms with Crippen LogP contribution in [0.2, 0.25) is 0 Å². The molecule has 8 nitrogen and oxygen atoms in total. The standard InChI is InChI=1S/C14H16N8/c1-20-10-18-11-9-17-14(19-12(11)20)22-7-5-21(6-8-22)13-15-3-2-4-16-13/h2-4,9-10H,5-8H2,1H3. The molecule has 4 rings (SSSR count). The summed E-state index contributed by atoms with van der Waals surface area (Å²) >= 11 is 0. The molecule has 0 saturated carbocycles. The lowest BCUT2D eigenvalue weighted by Crippen LogP contribution is -2.47. The van der Waals surface area contributed by atoms with Gasteiger partial charge in [0.05, 0.1) is 12.5 Å². The smallest absolute Gasteiger partial charge is 0.227 e. The summed E-state index contributed by atoms with van der Waals surface area (Å²) in [6, 6.07) is 1.83. The van der Waals surface area contributed by atoms with Gasteiger partial charge in [0.2, 0.25) is 11.9 Å². The highest BCUT2D eigenvalue weighted by Gasteiger charge is 2.21. The fraction of sp³-hybridized carbons (Fsp3) is 0.357. The second kappa shape index (κ2) is 5.21. The summed E-state index contributed by atoms with van der Waals surface area (Å²) in [4.78, 5) is 26.3. The van der Waals surface area contributed by atoms with Crippen molar-refractivity contribution in [3.63, 3.8) is 0 Å². The minimum atomic E-state index is 0.754. The number of hydrogen-bond acceptors (Lipinski definition) is 7. The van der Waals surface area contributed by atoms with Crippen molar-refractivity contribution in [2.75, 3.05) is 36.0 Å². The van der Waals surface area contributed by atoms with Gasteiger partial charge in [-0.3, -0.25) is 0 Å². The van der Waals surface area contributed by atoms with Crippen LogP contribution in [-0.4, -0.2) is 55.7 Å². The van der Waals surface area contributed by atoms with Crippen molar-refractivity contribution in [1.29, 1.82) is 0 Å². The molecular weight excluding hydrogens is 280 g/mol. The highest BCUT2D eigenvalue weighted by molar-refractivity contribution is 5.70. The zero-order valence-corrected chi connectivity index (χ0v) is 12.3. The second-order valence-electron chi connectivity index (χ2n) is 5.26. The molecule has 22 heavy (non-hydrogen) atoms. The second-order valence-corrected chi connectivity index (χ2v) is 5.26. The van der Waals surface area contributed by atoms with Crippen LogP contribution in [0.4, 0.5) is 11.9 Å². The van der Waals surface area contributed by atoms with Gasteiger partial charge in [-0.2, -0.15) is 4.98 Å². The molecule has 8 heteroatoms. The van der Waals surface area contributed by atoms with Crippen molar-refractivity contribution in [1.82, 2.24) is 29.5 Å². The molecule has 0 unspecified atom stereocenters. The number of imidazole rings is 1. The molecule has 0 bridgehead atoms. The maximum absolute atomic E-state index is 4.62. The van der Waals surface area contributed by atoms with E-state index in [1.54, 1.807) is 24.9 Å². The van der Waals surface area contributed by atoms with Crippen molar-refractivity contribution in [2.24, 2.45) is 7.05 Å². The molecule has 4 heterocycles. The molecule has 3 aromatic heterocycles. The lowest BCUT2D eigenvalue weighted by atomic mass is 10.3. The summed E-state index contributed by atoms with van der Waals surface area (Å²) in [7, 11) is 1.94. The molecule has 1 aliphatic rings. The predicted molar refractivity (Wildman–Crippen MR) is 82.8 cm³/mol. The van der Waals surface area contributed by atoms with E-state index in [1.807, 2.05) is 17.7 Å². The Morgan fingerprint density at radius 3 is 2.27 bits per heavy atom. The molecule has 0 aromatic carbocycles. The van der Waals surface area contributed by atoms with Gasteiger partial charge in [0.1, 0.15) is 5.52 Å². The molecule has 0 spiro atoms. The van der Waals surface area contributed by atoms with Crippen LogP contribution in [0.15, 0.2) is 31.0 Å². The largest absolute Gasteiger partial charge is 0.337 e. The number of nitrogens with zero attached hydrogens (tertiary/aromatic N) is 8. The molecule has 0 radical (unpaired) electrons. The predicted octanol–water partition coefficient (Wildman–Crippen LogP) is 0.480. The zero-order chi connectivity index (χ0) is 14.9. The van der Waals surface area contributed by atoms with Crippen LogP contribution in [0.1, 0.15) is 0 Å². The van der Waals surface area contributed by atoms with Crippen LogP contribution in [0.5, 0.6) is 0 Å². The highest BCUT2D eigenvalue weighted by Crippen LogP contribution is 2.16. The monoisotopic (exact) mass is 296 g/mol. The van der Waals surface area contributed by atoms with Crippen molar-refractivity contribution in [3.8, 4) is 0 Å². The van der Waals surface area contributed by atoms with E-state index in [1.165, 1.54) is 0 Å². The van der Waals surface area contributed by atoms with Crippen LogP contribution < -0.4 is 9.80 Å².